The molecule has 2 aromatic carbocycles. The van der Waals surface area contributed by atoms with Crippen LogP contribution in [-0.2, 0) is 4.74 Å². The number of amides is 1. The van der Waals surface area contributed by atoms with Gasteiger partial charge in [-0.1, -0.05) is 48.5 Å². The maximum absolute atomic E-state index is 13.5. The lowest BCUT2D eigenvalue weighted by molar-refractivity contribution is -0.203. The van der Waals surface area contributed by atoms with Crippen LogP contribution in [0.1, 0.15) is 81.3 Å². The zero-order valence-corrected chi connectivity index (χ0v) is 21.1. The first-order chi connectivity index (χ1) is 17.5. The standard InChI is InChI=1S/C32H37NO3/c34-30(36-19-29-27-7-3-1-5-25(27)26-6-2-4-8-28(26)29)33-23-9-10-24(33)18-32(35,17-23)31-14-20-11-21(15-31)13-22(12-20)16-31/h1-8,20-24,29,35H,9-19H2. The molecule has 2 aromatic rings. The van der Waals surface area contributed by atoms with Crippen LogP contribution in [0, 0.1) is 23.2 Å². The van der Waals surface area contributed by atoms with Gasteiger partial charge in [-0.05, 0) is 104 Å². The zero-order chi connectivity index (χ0) is 24.1. The summed E-state index contributed by atoms with van der Waals surface area (Å²) in [6.45, 7) is 0.377. The fraction of sp³-hybridized carbons (Fsp3) is 0.594. The molecule has 2 heterocycles. The first-order valence-electron chi connectivity index (χ1n) is 14.4. The number of aliphatic hydroxyl groups is 1. The predicted molar refractivity (Wildman–Crippen MR) is 139 cm³/mol. The fourth-order valence-corrected chi connectivity index (χ4v) is 10.3. The molecule has 36 heavy (non-hydrogen) atoms. The van der Waals surface area contributed by atoms with Gasteiger partial charge in [0.1, 0.15) is 6.61 Å². The number of rotatable bonds is 3. The molecule has 4 saturated carbocycles. The molecule has 7 aliphatic rings. The summed E-state index contributed by atoms with van der Waals surface area (Å²) in [6.07, 6.45) is 11.2. The topological polar surface area (TPSA) is 49.8 Å². The third-order valence-electron chi connectivity index (χ3n) is 11.3. The summed E-state index contributed by atoms with van der Waals surface area (Å²) in [7, 11) is 0. The Labute approximate surface area is 214 Å². The lowest BCUT2D eigenvalue weighted by Gasteiger charge is -2.64. The number of carbonyl (C=O) groups is 1. The molecule has 188 valence electrons. The third kappa shape index (κ3) is 3.00. The monoisotopic (exact) mass is 483 g/mol. The minimum absolute atomic E-state index is 0.0905. The van der Waals surface area contributed by atoms with Gasteiger partial charge in [0.2, 0.25) is 0 Å². The van der Waals surface area contributed by atoms with E-state index in [-0.39, 0.29) is 29.5 Å². The average Bonchev–Trinajstić information content (AvgIpc) is 3.34. The van der Waals surface area contributed by atoms with E-state index in [2.05, 4.69) is 48.5 Å². The lowest BCUT2D eigenvalue weighted by Crippen LogP contribution is -2.64. The molecular formula is C32H37NO3. The van der Waals surface area contributed by atoms with Gasteiger partial charge in [0.05, 0.1) is 5.60 Å². The molecule has 4 nitrogen and oxygen atoms in total. The van der Waals surface area contributed by atoms with E-state index < -0.39 is 5.60 Å². The van der Waals surface area contributed by atoms with Crippen LogP contribution in [-0.4, -0.2) is 40.4 Å². The van der Waals surface area contributed by atoms with E-state index in [9.17, 15) is 9.90 Å². The Morgan fingerprint density at radius 2 is 1.31 bits per heavy atom. The Bertz CT molecular complexity index is 1120. The summed E-state index contributed by atoms with van der Waals surface area (Å²) < 4.78 is 6.08. The second-order valence-corrected chi connectivity index (χ2v) is 13.2. The van der Waals surface area contributed by atoms with Gasteiger partial charge in [-0.2, -0.15) is 0 Å². The molecule has 1 amide bonds. The molecule has 5 aliphatic carbocycles. The van der Waals surface area contributed by atoms with Crippen molar-refractivity contribution >= 4 is 6.09 Å². The highest BCUT2D eigenvalue weighted by Crippen LogP contribution is 2.66. The summed E-state index contributed by atoms with van der Waals surface area (Å²) in [4.78, 5) is 15.6. The molecule has 1 N–H and O–H groups in total. The van der Waals surface area contributed by atoms with E-state index in [0.29, 0.717) is 6.61 Å². The highest BCUT2D eigenvalue weighted by atomic mass is 16.6. The third-order valence-corrected chi connectivity index (χ3v) is 11.3. The molecule has 9 rings (SSSR count). The zero-order valence-electron chi connectivity index (χ0n) is 21.1. The number of hydrogen-bond acceptors (Lipinski definition) is 3. The van der Waals surface area contributed by atoms with E-state index in [0.717, 1.165) is 43.4 Å². The van der Waals surface area contributed by atoms with Crippen LogP contribution in [0.2, 0.25) is 0 Å². The number of piperidine rings is 1. The smallest absolute Gasteiger partial charge is 0.410 e. The van der Waals surface area contributed by atoms with Crippen molar-refractivity contribution in [2.24, 2.45) is 23.2 Å². The Morgan fingerprint density at radius 3 is 1.83 bits per heavy atom. The van der Waals surface area contributed by atoms with Gasteiger partial charge in [-0.15, -0.1) is 0 Å². The number of carbonyl (C=O) groups excluding carboxylic acids is 1. The van der Waals surface area contributed by atoms with Crippen molar-refractivity contribution < 1.29 is 14.6 Å². The van der Waals surface area contributed by atoms with Crippen LogP contribution in [0.3, 0.4) is 0 Å². The number of ether oxygens (including phenoxy) is 1. The second-order valence-electron chi connectivity index (χ2n) is 13.2. The van der Waals surface area contributed by atoms with Crippen molar-refractivity contribution in [1.29, 1.82) is 0 Å². The van der Waals surface area contributed by atoms with Crippen molar-refractivity contribution in [1.82, 2.24) is 4.90 Å². The molecule has 6 bridgehead atoms. The SMILES string of the molecule is O=C(OCC1c2ccccc2-c2ccccc21)N1C2CCC1CC(O)(C13CC4CC(CC(C4)C1)C3)C2. The molecule has 2 unspecified atom stereocenters. The Hall–Kier alpha value is -2.33. The second kappa shape index (κ2) is 7.60. The first-order valence-corrected chi connectivity index (χ1v) is 14.4. The molecule has 2 atom stereocenters. The molecule has 0 spiro atoms. The van der Waals surface area contributed by atoms with Crippen molar-refractivity contribution in [2.75, 3.05) is 6.61 Å². The van der Waals surface area contributed by atoms with E-state index in [1.54, 1.807) is 0 Å². The summed E-state index contributed by atoms with van der Waals surface area (Å²) in [5.41, 5.74) is 4.53. The van der Waals surface area contributed by atoms with Gasteiger partial charge < -0.3 is 14.7 Å². The maximum atomic E-state index is 13.5. The maximum Gasteiger partial charge on any atom is 0.410 e. The van der Waals surface area contributed by atoms with Crippen LogP contribution < -0.4 is 0 Å². The van der Waals surface area contributed by atoms with Crippen molar-refractivity contribution in [3.8, 4) is 11.1 Å². The molecule has 4 heteroatoms. The molecule has 0 aromatic heterocycles. The van der Waals surface area contributed by atoms with Crippen LogP contribution >= 0.6 is 0 Å². The van der Waals surface area contributed by atoms with Gasteiger partial charge in [-0.3, -0.25) is 0 Å². The summed E-state index contributed by atoms with van der Waals surface area (Å²) in [6, 6.07) is 17.3. The van der Waals surface area contributed by atoms with E-state index in [1.807, 2.05) is 4.90 Å². The van der Waals surface area contributed by atoms with Crippen molar-refractivity contribution in [3.05, 3.63) is 59.7 Å². The number of nitrogens with zero attached hydrogens (tertiary/aromatic N) is 1. The molecular weight excluding hydrogens is 446 g/mol. The van der Waals surface area contributed by atoms with Crippen LogP contribution in [0.15, 0.2) is 48.5 Å². The summed E-state index contributed by atoms with van der Waals surface area (Å²) >= 11 is 0. The largest absolute Gasteiger partial charge is 0.448 e. The van der Waals surface area contributed by atoms with E-state index >= 15 is 0 Å². The minimum Gasteiger partial charge on any atom is -0.448 e. The molecule has 6 fully saturated rings. The van der Waals surface area contributed by atoms with Crippen molar-refractivity contribution in [3.63, 3.8) is 0 Å². The Kier molecular flexibility index (Phi) is 4.59. The normalized spacial score (nSPS) is 39.8. The van der Waals surface area contributed by atoms with Crippen LogP contribution in [0.25, 0.3) is 11.1 Å². The Morgan fingerprint density at radius 1 is 0.806 bits per heavy atom. The Balaban J connectivity index is 1.00. The highest BCUT2D eigenvalue weighted by Gasteiger charge is 2.64. The van der Waals surface area contributed by atoms with Gasteiger partial charge >= 0.3 is 6.09 Å². The minimum atomic E-state index is -0.602. The van der Waals surface area contributed by atoms with Crippen molar-refractivity contribution in [2.45, 2.75) is 87.8 Å². The number of hydrogen-bond donors (Lipinski definition) is 1. The van der Waals surface area contributed by atoms with Gasteiger partial charge in [-0.25, -0.2) is 4.79 Å². The average molecular weight is 484 g/mol. The predicted octanol–water partition coefficient (Wildman–Crippen LogP) is 6.51. The first kappa shape index (κ1) is 21.7. The summed E-state index contributed by atoms with van der Waals surface area (Å²) in [5.74, 6) is 2.59. The van der Waals surface area contributed by atoms with Gasteiger partial charge in [0.25, 0.3) is 0 Å². The van der Waals surface area contributed by atoms with Gasteiger partial charge in [0.15, 0.2) is 0 Å². The van der Waals surface area contributed by atoms with E-state index in [4.69, 9.17) is 4.74 Å². The van der Waals surface area contributed by atoms with E-state index in [1.165, 1.54) is 60.8 Å². The quantitative estimate of drug-likeness (QED) is 0.541. The molecule has 2 aliphatic heterocycles. The number of benzene rings is 2. The molecule has 2 saturated heterocycles. The summed E-state index contributed by atoms with van der Waals surface area (Å²) in [5, 5.41) is 12.3. The van der Waals surface area contributed by atoms with Crippen LogP contribution in [0.5, 0.6) is 0 Å². The number of fused-ring (bicyclic) bond motifs is 5. The fourth-order valence-electron chi connectivity index (χ4n) is 10.3. The highest BCUT2D eigenvalue weighted by molar-refractivity contribution is 5.79. The lowest BCUT2D eigenvalue weighted by atomic mass is 9.44. The van der Waals surface area contributed by atoms with Crippen LogP contribution in [0.4, 0.5) is 4.79 Å². The van der Waals surface area contributed by atoms with Gasteiger partial charge in [0, 0.05) is 23.4 Å². The molecule has 0 radical (unpaired) electrons.